The third-order valence-corrected chi connectivity index (χ3v) is 5.17. The van der Waals surface area contributed by atoms with E-state index in [1.807, 2.05) is 0 Å². The third-order valence-electron chi connectivity index (χ3n) is 3.03. The monoisotopic (exact) mass is 306 g/mol. The van der Waals surface area contributed by atoms with Crippen LogP contribution in [0.3, 0.4) is 0 Å². The zero-order valence-electron chi connectivity index (χ0n) is 11.4. The van der Waals surface area contributed by atoms with E-state index < -0.39 is 21.7 Å². The zero-order valence-corrected chi connectivity index (χ0v) is 12.9. The summed E-state index contributed by atoms with van der Waals surface area (Å²) in [5.74, 6) is 0. The lowest BCUT2D eigenvalue weighted by Gasteiger charge is -2.29. The number of aryl methyl sites for hydroxylation is 1. The van der Waals surface area contributed by atoms with E-state index in [1.165, 1.54) is 19.1 Å². The Morgan fingerprint density at radius 3 is 2.42 bits per heavy atom. The molecule has 0 saturated heterocycles. The number of hydrogen-bond donors (Lipinski definition) is 3. The molecule has 108 valence electrons. The summed E-state index contributed by atoms with van der Waals surface area (Å²) in [6.07, 6.45) is -0.841. The van der Waals surface area contributed by atoms with Crippen LogP contribution in [0.2, 0.25) is 5.02 Å². The first kappa shape index (κ1) is 16.2. The number of nitrogens with two attached hydrogens (primary N) is 1. The number of hydrogen-bond acceptors (Lipinski definition) is 4. The van der Waals surface area contributed by atoms with Crippen LogP contribution in [0.1, 0.15) is 26.3 Å². The van der Waals surface area contributed by atoms with Crippen molar-refractivity contribution >= 4 is 27.3 Å². The summed E-state index contributed by atoms with van der Waals surface area (Å²) in [4.78, 5) is 0.0584. The van der Waals surface area contributed by atoms with Gasteiger partial charge in [-0.2, -0.15) is 0 Å². The molecule has 0 radical (unpaired) electrons. The number of nitrogen functional groups attached to an aromatic ring is 1. The molecular formula is C12H19ClN2O3S. The van der Waals surface area contributed by atoms with E-state index in [9.17, 15) is 13.5 Å². The van der Waals surface area contributed by atoms with Crippen LogP contribution in [0.5, 0.6) is 0 Å². The molecule has 1 aromatic carbocycles. The summed E-state index contributed by atoms with van der Waals surface area (Å²) < 4.78 is 27.1. The molecule has 19 heavy (non-hydrogen) atoms. The highest BCUT2D eigenvalue weighted by Gasteiger charge is 2.31. The number of aliphatic hydroxyl groups excluding tert-OH is 1. The van der Waals surface area contributed by atoms with Gasteiger partial charge in [0.1, 0.15) is 0 Å². The van der Waals surface area contributed by atoms with E-state index in [4.69, 9.17) is 17.3 Å². The van der Waals surface area contributed by atoms with Gasteiger partial charge < -0.3 is 10.8 Å². The Morgan fingerprint density at radius 1 is 1.42 bits per heavy atom. The van der Waals surface area contributed by atoms with Crippen molar-refractivity contribution in [3.8, 4) is 0 Å². The van der Waals surface area contributed by atoms with Crippen molar-refractivity contribution in [2.45, 2.75) is 44.2 Å². The summed E-state index contributed by atoms with van der Waals surface area (Å²) in [6, 6.07) is 2.82. The summed E-state index contributed by atoms with van der Waals surface area (Å²) in [7, 11) is -3.78. The van der Waals surface area contributed by atoms with Crippen molar-refractivity contribution in [2.24, 2.45) is 0 Å². The molecule has 1 aromatic rings. The summed E-state index contributed by atoms with van der Waals surface area (Å²) in [5.41, 5.74) is 5.34. The normalized spacial score (nSPS) is 14.4. The van der Waals surface area contributed by atoms with Crippen molar-refractivity contribution in [1.82, 2.24) is 4.72 Å². The lowest BCUT2D eigenvalue weighted by atomic mass is 10.0. The van der Waals surface area contributed by atoms with Gasteiger partial charge in [-0.3, -0.25) is 0 Å². The van der Waals surface area contributed by atoms with Crippen LogP contribution in [0.15, 0.2) is 17.0 Å². The van der Waals surface area contributed by atoms with Crippen molar-refractivity contribution in [1.29, 1.82) is 0 Å². The highest BCUT2D eigenvalue weighted by atomic mass is 35.5. The molecule has 0 spiro atoms. The second-order valence-corrected chi connectivity index (χ2v) is 7.20. The minimum atomic E-state index is -3.78. The molecule has 0 aliphatic carbocycles. The number of aliphatic hydroxyl groups is 1. The standard InChI is InChI=1S/C12H19ClN2O3S/c1-7-5-9(13)10(14)6-11(7)19(17,18)15-12(3,4)8(2)16/h5-6,8,15-16H,14H2,1-4H3. The second kappa shape index (κ2) is 5.28. The van der Waals surface area contributed by atoms with Crippen LogP contribution in [-0.4, -0.2) is 25.2 Å². The molecule has 0 aromatic heterocycles. The largest absolute Gasteiger partial charge is 0.397 e. The van der Waals surface area contributed by atoms with Gasteiger partial charge in [-0.15, -0.1) is 0 Å². The molecule has 1 rings (SSSR count). The molecular weight excluding hydrogens is 288 g/mol. The molecule has 0 aliphatic heterocycles. The number of nitrogens with one attached hydrogen (secondary N) is 1. The van der Waals surface area contributed by atoms with Crippen molar-refractivity contribution in [3.05, 3.63) is 22.7 Å². The van der Waals surface area contributed by atoms with Gasteiger partial charge in [0.2, 0.25) is 10.0 Å². The number of benzene rings is 1. The van der Waals surface area contributed by atoms with Crippen LogP contribution in [0.4, 0.5) is 5.69 Å². The van der Waals surface area contributed by atoms with Gasteiger partial charge >= 0.3 is 0 Å². The Labute approximate surface area is 118 Å². The SMILES string of the molecule is Cc1cc(Cl)c(N)cc1S(=O)(=O)NC(C)(C)C(C)O. The molecule has 0 bridgehead atoms. The molecule has 0 aliphatic rings. The predicted molar refractivity (Wildman–Crippen MR) is 76.7 cm³/mol. The molecule has 1 unspecified atom stereocenters. The molecule has 0 fully saturated rings. The fraction of sp³-hybridized carbons (Fsp3) is 0.500. The molecule has 7 heteroatoms. The Kier molecular flexibility index (Phi) is 4.51. The van der Waals surface area contributed by atoms with Gasteiger partial charge in [0, 0.05) is 0 Å². The fourth-order valence-electron chi connectivity index (χ4n) is 1.44. The molecule has 5 nitrogen and oxygen atoms in total. The fourth-order valence-corrected chi connectivity index (χ4v) is 3.40. The predicted octanol–water partition coefficient (Wildman–Crippen LogP) is 1.67. The minimum absolute atomic E-state index is 0.0584. The molecule has 4 N–H and O–H groups in total. The van der Waals surface area contributed by atoms with E-state index in [2.05, 4.69) is 4.72 Å². The first-order chi connectivity index (χ1) is 8.47. The van der Waals surface area contributed by atoms with Gasteiger partial charge in [-0.05, 0) is 45.4 Å². The second-order valence-electron chi connectivity index (χ2n) is 5.14. The molecule has 1 atom stereocenters. The average Bonchev–Trinajstić information content (AvgIpc) is 2.21. The minimum Gasteiger partial charge on any atom is -0.397 e. The van der Waals surface area contributed by atoms with Gasteiger partial charge in [0.05, 0.1) is 27.2 Å². The Balaban J connectivity index is 3.26. The number of rotatable bonds is 4. The van der Waals surface area contributed by atoms with Crippen LogP contribution in [0.25, 0.3) is 0 Å². The van der Waals surface area contributed by atoms with E-state index in [-0.39, 0.29) is 10.6 Å². The number of halogens is 1. The number of sulfonamides is 1. The van der Waals surface area contributed by atoms with E-state index in [0.717, 1.165) is 0 Å². The summed E-state index contributed by atoms with van der Waals surface area (Å²) >= 11 is 5.84. The maximum atomic E-state index is 12.3. The van der Waals surface area contributed by atoms with Gasteiger partial charge in [-0.25, -0.2) is 13.1 Å². The third kappa shape index (κ3) is 3.60. The first-order valence-electron chi connectivity index (χ1n) is 5.75. The quantitative estimate of drug-likeness (QED) is 0.738. The van der Waals surface area contributed by atoms with Crippen molar-refractivity contribution < 1.29 is 13.5 Å². The average molecular weight is 307 g/mol. The van der Waals surface area contributed by atoms with Gasteiger partial charge in [0.15, 0.2) is 0 Å². The number of anilines is 1. The van der Waals surface area contributed by atoms with Crippen LogP contribution < -0.4 is 10.5 Å². The summed E-state index contributed by atoms with van der Waals surface area (Å²) in [5, 5.41) is 9.90. The first-order valence-corrected chi connectivity index (χ1v) is 7.61. The van der Waals surface area contributed by atoms with Crippen LogP contribution in [-0.2, 0) is 10.0 Å². The zero-order chi connectivity index (χ0) is 15.0. The van der Waals surface area contributed by atoms with Crippen molar-refractivity contribution in [2.75, 3.05) is 5.73 Å². The van der Waals surface area contributed by atoms with Crippen molar-refractivity contribution in [3.63, 3.8) is 0 Å². The lowest BCUT2D eigenvalue weighted by Crippen LogP contribution is -2.50. The van der Waals surface area contributed by atoms with E-state index in [0.29, 0.717) is 10.6 Å². The van der Waals surface area contributed by atoms with Crippen LogP contribution >= 0.6 is 11.6 Å². The topological polar surface area (TPSA) is 92.4 Å². The smallest absolute Gasteiger partial charge is 0.241 e. The Bertz CT molecular complexity index is 583. The maximum absolute atomic E-state index is 12.3. The van der Waals surface area contributed by atoms with E-state index in [1.54, 1.807) is 20.8 Å². The van der Waals surface area contributed by atoms with Gasteiger partial charge in [-0.1, -0.05) is 11.6 Å². The Hall–Kier alpha value is -0.820. The summed E-state index contributed by atoms with van der Waals surface area (Å²) in [6.45, 7) is 6.36. The lowest BCUT2D eigenvalue weighted by molar-refractivity contribution is 0.111. The maximum Gasteiger partial charge on any atom is 0.241 e. The van der Waals surface area contributed by atoms with E-state index >= 15 is 0 Å². The van der Waals surface area contributed by atoms with Crippen LogP contribution in [0, 0.1) is 6.92 Å². The highest BCUT2D eigenvalue weighted by Crippen LogP contribution is 2.27. The highest BCUT2D eigenvalue weighted by molar-refractivity contribution is 7.89. The molecule has 0 amide bonds. The van der Waals surface area contributed by atoms with Gasteiger partial charge in [0.25, 0.3) is 0 Å². The molecule has 0 heterocycles. The molecule has 0 saturated carbocycles. The Morgan fingerprint density at radius 2 is 1.95 bits per heavy atom.